The van der Waals surface area contributed by atoms with Crippen molar-refractivity contribution in [3.05, 3.63) is 24.3 Å². The molecule has 4 rings (SSSR count). The minimum absolute atomic E-state index is 0.274. The molecule has 1 saturated carbocycles. The third-order valence-electron chi connectivity index (χ3n) is 6.62. The molecule has 2 saturated heterocycles. The number of hydrogen-bond acceptors (Lipinski definition) is 5. The van der Waals surface area contributed by atoms with E-state index in [-0.39, 0.29) is 18.3 Å². The van der Waals surface area contributed by atoms with Crippen molar-refractivity contribution in [3.63, 3.8) is 0 Å². The highest BCUT2D eigenvalue weighted by Crippen LogP contribution is 2.36. The number of piperazine rings is 1. The summed E-state index contributed by atoms with van der Waals surface area (Å²) in [4.78, 5) is 2.50. The van der Waals surface area contributed by atoms with Gasteiger partial charge >= 0.3 is 7.12 Å². The lowest BCUT2D eigenvalue weighted by Gasteiger charge is -2.36. The summed E-state index contributed by atoms with van der Waals surface area (Å²) in [6.07, 6.45) is 5.66. The summed E-state index contributed by atoms with van der Waals surface area (Å²) in [6, 6.07) is 8.77. The first kappa shape index (κ1) is 19.6. The second kappa shape index (κ2) is 7.62. The Hall–Kier alpha value is -0.685. The van der Waals surface area contributed by atoms with Crippen LogP contribution < -0.4 is 10.4 Å². The molecule has 0 N–H and O–H groups in total. The molecule has 1 aromatic carbocycles. The molecule has 2 aliphatic heterocycles. The van der Waals surface area contributed by atoms with Crippen LogP contribution in [0.15, 0.2) is 24.3 Å². The molecule has 2 heterocycles. The Morgan fingerprint density at radius 1 is 0.889 bits per heavy atom. The van der Waals surface area contributed by atoms with Gasteiger partial charge in [-0.1, -0.05) is 36.9 Å². The third-order valence-corrected chi connectivity index (χ3v) is 8.06. The number of hydrogen-bond donors (Lipinski definition) is 0. The Kier molecular flexibility index (Phi) is 5.54. The van der Waals surface area contributed by atoms with Gasteiger partial charge in [-0.3, -0.25) is 0 Å². The molecule has 0 radical (unpaired) electrons. The molecular weight excluding hydrogens is 355 g/mol. The lowest BCUT2D eigenvalue weighted by molar-refractivity contribution is 0.00578. The first-order valence-corrected chi connectivity index (χ1v) is 11.3. The molecular formula is C21H33BN2O2S. The molecule has 0 bridgehead atoms. The maximum Gasteiger partial charge on any atom is 0.494 e. The van der Waals surface area contributed by atoms with Crippen LogP contribution in [0.3, 0.4) is 0 Å². The zero-order valence-corrected chi connectivity index (χ0v) is 18.1. The van der Waals surface area contributed by atoms with Gasteiger partial charge in [-0.05, 0) is 58.1 Å². The molecule has 3 aliphatic rings. The predicted octanol–water partition coefficient (Wildman–Crippen LogP) is 3.70. The van der Waals surface area contributed by atoms with E-state index in [2.05, 4.69) is 73.1 Å². The van der Waals surface area contributed by atoms with Crippen molar-refractivity contribution < 1.29 is 9.31 Å². The zero-order chi connectivity index (χ0) is 19.1. The van der Waals surface area contributed by atoms with E-state index in [0.717, 1.165) is 36.9 Å². The maximum atomic E-state index is 6.17. The van der Waals surface area contributed by atoms with Crippen LogP contribution in [0.1, 0.15) is 53.4 Å². The summed E-state index contributed by atoms with van der Waals surface area (Å²) in [5.41, 5.74) is 1.83. The van der Waals surface area contributed by atoms with Crippen LogP contribution in [-0.4, -0.2) is 54.1 Å². The molecule has 1 aliphatic carbocycles. The fraction of sp³-hybridized carbons (Fsp3) is 0.714. The Bertz CT molecular complexity index is 622. The first-order valence-electron chi connectivity index (χ1n) is 10.5. The summed E-state index contributed by atoms with van der Waals surface area (Å²) in [5.74, 6) is 0. The Balaban J connectivity index is 1.32. The zero-order valence-electron chi connectivity index (χ0n) is 17.2. The monoisotopic (exact) mass is 388 g/mol. The Labute approximate surface area is 169 Å². The first-order chi connectivity index (χ1) is 12.8. The largest absolute Gasteiger partial charge is 0.494 e. The quantitative estimate of drug-likeness (QED) is 0.579. The van der Waals surface area contributed by atoms with Crippen LogP contribution in [0.2, 0.25) is 0 Å². The highest BCUT2D eigenvalue weighted by Gasteiger charge is 2.51. The molecule has 27 heavy (non-hydrogen) atoms. The van der Waals surface area contributed by atoms with Crippen molar-refractivity contribution >= 4 is 30.2 Å². The van der Waals surface area contributed by atoms with Crippen LogP contribution in [0.4, 0.5) is 5.69 Å². The van der Waals surface area contributed by atoms with Crippen LogP contribution in [-0.2, 0) is 9.31 Å². The van der Waals surface area contributed by atoms with Crippen molar-refractivity contribution in [1.82, 2.24) is 4.31 Å². The van der Waals surface area contributed by atoms with Crippen molar-refractivity contribution in [3.8, 4) is 0 Å². The molecule has 3 fully saturated rings. The summed E-state index contributed by atoms with van der Waals surface area (Å²) in [6.45, 7) is 12.9. The molecule has 0 atom stereocenters. The summed E-state index contributed by atoms with van der Waals surface area (Å²) < 4.78 is 14.9. The van der Waals surface area contributed by atoms with Crippen molar-refractivity contribution in [2.75, 3.05) is 31.1 Å². The minimum atomic E-state index is -0.288. The fourth-order valence-corrected chi connectivity index (χ4v) is 5.42. The molecule has 148 valence electrons. The molecule has 0 amide bonds. The summed E-state index contributed by atoms with van der Waals surface area (Å²) >= 11 is 2.12. The van der Waals surface area contributed by atoms with E-state index in [4.69, 9.17) is 9.31 Å². The minimum Gasteiger partial charge on any atom is -0.399 e. The van der Waals surface area contributed by atoms with Crippen LogP contribution in [0, 0.1) is 0 Å². The molecule has 6 heteroatoms. The lowest BCUT2D eigenvalue weighted by Crippen LogP contribution is -2.44. The summed E-state index contributed by atoms with van der Waals surface area (Å²) in [7, 11) is -0.274. The van der Waals surface area contributed by atoms with Gasteiger partial charge in [0.1, 0.15) is 0 Å². The number of anilines is 1. The number of nitrogens with zero attached hydrogens (tertiary/aromatic N) is 2. The maximum absolute atomic E-state index is 6.17. The Morgan fingerprint density at radius 2 is 1.44 bits per heavy atom. The van der Waals surface area contributed by atoms with Gasteiger partial charge in [0.2, 0.25) is 0 Å². The second-order valence-electron chi connectivity index (χ2n) is 9.11. The van der Waals surface area contributed by atoms with Crippen molar-refractivity contribution in [1.29, 1.82) is 0 Å². The van der Waals surface area contributed by atoms with E-state index in [1.54, 1.807) is 0 Å². The Morgan fingerprint density at radius 3 is 2.00 bits per heavy atom. The molecule has 1 aromatic rings. The van der Waals surface area contributed by atoms with Gasteiger partial charge in [0.05, 0.1) is 11.2 Å². The SMILES string of the molecule is CC1(C)OB(c2ccc(N3CCN(SC4CCCC4)CC3)cc2)OC1(C)C. The number of benzene rings is 1. The van der Waals surface area contributed by atoms with Gasteiger partial charge in [-0.25, -0.2) is 4.31 Å². The topological polar surface area (TPSA) is 24.9 Å². The highest BCUT2D eigenvalue weighted by atomic mass is 32.2. The molecule has 0 unspecified atom stereocenters. The average Bonchev–Trinajstić information content (AvgIpc) is 3.21. The van der Waals surface area contributed by atoms with Crippen molar-refractivity contribution in [2.24, 2.45) is 0 Å². The van der Waals surface area contributed by atoms with E-state index in [1.807, 2.05) is 0 Å². The average molecular weight is 388 g/mol. The third kappa shape index (κ3) is 4.19. The van der Waals surface area contributed by atoms with E-state index in [9.17, 15) is 0 Å². The summed E-state index contributed by atoms with van der Waals surface area (Å²) in [5, 5.41) is 0.871. The van der Waals surface area contributed by atoms with Gasteiger partial charge < -0.3 is 14.2 Å². The van der Waals surface area contributed by atoms with Crippen LogP contribution in [0.25, 0.3) is 0 Å². The van der Waals surface area contributed by atoms with E-state index in [0.29, 0.717) is 0 Å². The van der Waals surface area contributed by atoms with Gasteiger partial charge in [0.15, 0.2) is 0 Å². The second-order valence-corrected chi connectivity index (χ2v) is 10.5. The number of rotatable bonds is 4. The standard InChI is InChI=1S/C21H33BN2O2S/c1-20(2)21(3,4)26-22(25-20)17-9-11-18(12-10-17)23-13-15-24(16-14-23)27-19-7-5-6-8-19/h9-12,19H,5-8,13-16H2,1-4H3. The van der Waals surface area contributed by atoms with Gasteiger partial charge in [-0.15, -0.1) is 0 Å². The molecule has 0 spiro atoms. The highest BCUT2D eigenvalue weighted by molar-refractivity contribution is 7.97. The van der Waals surface area contributed by atoms with Crippen LogP contribution in [0.5, 0.6) is 0 Å². The lowest BCUT2D eigenvalue weighted by atomic mass is 9.79. The van der Waals surface area contributed by atoms with E-state index >= 15 is 0 Å². The van der Waals surface area contributed by atoms with E-state index in [1.165, 1.54) is 31.4 Å². The van der Waals surface area contributed by atoms with Crippen LogP contribution >= 0.6 is 11.9 Å². The van der Waals surface area contributed by atoms with E-state index < -0.39 is 0 Å². The van der Waals surface area contributed by atoms with Gasteiger partial charge in [0, 0.05) is 37.1 Å². The smallest absolute Gasteiger partial charge is 0.399 e. The molecule has 0 aromatic heterocycles. The van der Waals surface area contributed by atoms with Crippen molar-refractivity contribution in [2.45, 2.75) is 69.8 Å². The normalized spacial score (nSPS) is 26.1. The fourth-order valence-electron chi connectivity index (χ4n) is 4.08. The predicted molar refractivity (Wildman–Crippen MR) is 116 cm³/mol. The van der Waals surface area contributed by atoms with Gasteiger partial charge in [-0.2, -0.15) is 0 Å². The molecule has 4 nitrogen and oxygen atoms in total. The van der Waals surface area contributed by atoms with Gasteiger partial charge in [0.25, 0.3) is 0 Å².